The molecule has 1 aliphatic rings. The Kier molecular flexibility index (Phi) is 6.35. The van der Waals surface area contributed by atoms with Crippen molar-refractivity contribution in [2.24, 2.45) is 0 Å². The maximum Gasteiger partial charge on any atom is 0.253 e. The summed E-state index contributed by atoms with van der Waals surface area (Å²) in [5.74, 6) is -0.120. The molecule has 0 bridgehead atoms. The van der Waals surface area contributed by atoms with E-state index in [0.717, 1.165) is 37.2 Å². The van der Waals surface area contributed by atoms with Gasteiger partial charge in [-0.15, -0.1) is 0 Å². The Bertz CT molecular complexity index is 832. The number of rotatable bonds is 5. The molecule has 1 fully saturated rings. The Hall–Kier alpha value is -2.53. The average molecular weight is 386 g/mol. The lowest BCUT2D eigenvalue weighted by Crippen LogP contribution is -2.35. The number of nitrogens with zero attached hydrogens (tertiary/aromatic N) is 1. The summed E-state index contributed by atoms with van der Waals surface area (Å²) in [5.41, 5.74) is 3.04. The second kappa shape index (κ2) is 8.91. The third kappa shape index (κ3) is 5.23. The minimum atomic E-state index is -0.173. The van der Waals surface area contributed by atoms with Gasteiger partial charge in [0.25, 0.3) is 5.91 Å². The van der Waals surface area contributed by atoms with Crippen LogP contribution in [0.1, 0.15) is 35.2 Å². The van der Waals surface area contributed by atoms with Gasteiger partial charge >= 0.3 is 0 Å². The van der Waals surface area contributed by atoms with Gasteiger partial charge in [-0.3, -0.25) is 9.59 Å². The minimum Gasteiger partial charge on any atom is -0.376 e. The molecule has 2 aromatic carbocycles. The summed E-state index contributed by atoms with van der Waals surface area (Å²) in [5, 5.41) is 6.51. The molecule has 2 N–H and O–H groups in total. The Labute approximate surface area is 164 Å². The van der Waals surface area contributed by atoms with Crippen LogP contribution in [0, 0.1) is 6.92 Å². The maximum atomic E-state index is 12.6. The van der Waals surface area contributed by atoms with Gasteiger partial charge < -0.3 is 15.5 Å². The lowest BCUT2D eigenvalue weighted by atomic mass is 10.1. The fraction of sp³-hybridized carbons (Fsp3) is 0.333. The zero-order valence-electron chi connectivity index (χ0n) is 15.4. The van der Waals surface area contributed by atoms with Gasteiger partial charge in [0.05, 0.1) is 6.54 Å². The zero-order valence-corrected chi connectivity index (χ0v) is 16.2. The van der Waals surface area contributed by atoms with Gasteiger partial charge in [0.2, 0.25) is 5.91 Å². The summed E-state index contributed by atoms with van der Waals surface area (Å²) in [6.45, 7) is 3.65. The third-order valence-electron chi connectivity index (χ3n) is 4.68. The number of carbonyl (C=O) groups is 2. The molecule has 2 amide bonds. The van der Waals surface area contributed by atoms with Crippen LogP contribution >= 0.6 is 11.6 Å². The highest BCUT2D eigenvalue weighted by Gasteiger charge is 2.18. The number of nitrogens with one attached hydrogen (secondary N) is 2. The highest BCUT2D eigenvalue weighted by molar-refractivity contribution is 6.31. The van der Waals surface area contributed by atoms with Gasteiger partial charge in [0, 0.05) is 35.1 Å². The number of piperidine rings is 1. The van der Waals surface area contributed by atoms with Crippen molar-refractivity contribution in [3.05, 3.63) is 58.6 Å². The van der Waals surface area contributed by atoms with Gasteiger partial charge in [-0.05, 0) is 62.1 Å². The molecule has 2 aromatic rings. The van der Waals surface area contributed by atoms with E-state index in [1.54, 1.807) is 18.2 Å². The minimum absolute atomic E-state index is 0.0531. The van der Waals surface area contributed by atoms with Crippen molar-refractivity contribution < 1.29 is 9.59 Å². The fourth-order valence-corrected chi connectivity index (χ4v) is 3.32. The molecule has 0 unspecified atom stereocenters. The van der Waals surface area contributed by atoms with Crippen molar-refractivity contribution in [3.8, 4) is 0 Å². The standard InChI is InChI=1S/C21H24ClN3O2/c1-15-8-9-17(22)13-19(15)24-20(26)14-23-18-7-5-6-16(12-18)21(27)25-10-3-2-4-11-25/h5-9,12-13,23H,2-4,10-11,14H2,1H3,(H,24,26). The van der Waals surface area contributed by atoms with E-state index >= 15 is 0 Å². The van der Waals surface area contributed by atoms with Crippen molar-refractivity contribution in [2.45, 2.75) is 26.2 Å². The second-order valence-electron chi connectivity index (χ2n) is 6.79. The monoisotopic (exact) mass is 385 g/mol. The van der Waals surface area contributed by atoms with Crippen molar-refractivity contribution in [2.75, 3.05) is 30.3 Å². The molecule has 1 heterocycles. The zero-order chi connectivity index (χ0) is 19.2. The molecule has 5 nitrogen and oxygen atoms in total. The van der Waals surface area contributed by atoms with Crippen LogP contribution < -0.4 is 10.6 Å². The van der Waals surface area contributed by atoms with Crippen molar-refractivity contribution in [1.29, 1.82) is 0 Å². The molecule has 0 saturated carbocycles. The summed E-state index contributed by atoms with van der Waals surface area (Å²) >= 11 is 5.98. The first-order chi connectivity index (χ1) is 13.0. The van der Waals surface area contributed by atoms with Gasteiger partial charge in [0.1, 0.15) is 0 Å². The van der Waals surface area contributed by atoms with E-state index < -0.39 is 0 Å². The van der Waals surface area contributed by atoms with Crippen LogP contribution in [-0.2, 0) is 4.79 Å². The molecule has 6 heteroatoms. The summed E-state index contributed by atoms with van der Waals surface area (Å²) in [7, 11) is 0. The highest BCUT2D eigenvalue weighted by Crippen LogP contribution is 2.20. The Morgan fingerprint density at radius 1 is 1.07 bits per heavy atom. The first kappa shape index (κ1) is 19.2. The van der Waals surface area contributed by atoms with Gasteiger partial charge in [0.15, 0.2) is 0 Å². The van der Waals surface area contributed by atoms with Crippen LogP contribution in [0.2, 0.25) is 5.02 Å². The average Bonchev–Trinajstić information content (AvgIpc) is 2.69. The van der Waals surface area contributed by atoms with Gasteiger partial charge in [-0.2, -0.15) is 0 Å². The Morgan fingerprint density at radius 3 is 2.63 bits per heavy atom. The second-order valence-corrected chi connectivity index (χ2v) is 7.23. The molecule has 0 aliphatic carbocycles. The Morgan fingerprint density at radius 2 is 1.85 bits per heavy atom. The number of amides is 2. The number of hydrogen-bond acceptors (Lipinski definition) is 3. The SMILES string of the molecule is Cc1ccc(Cl)cc1NC(=O)CNc1cccc(C(=O)N2CCCCC2)c1. The van der Waals surface area contributed by atoms with E-state index in [1.165, 1.54) is 6.42 Å². The van der Waals surface area contributed by atoms with Crippen LogP contribution in [0.5, 0.6) is 0 Å². The molecule has 0 spiro atoms. The normalized spacial score (nSPS) is 13.9. The predicted octanol–water partition coefficient (Wildman–Crippen LogP) is 4.33. The molecule has 0 radical (unpaired) electrons. The number of hydrogen-bond donors (Lipinski definition) is 2. The maximum absolute atomic E-state index is 12.6. The van der Waals surface area contributed by atoms with Crippen LogP contribution in [0.4, 0.5) is 11.4 Å². The van der Waals surface area contributed by atoms with Gasteiger partial charge in [-0.25, -0.2) is 0 Å². The molecule has 1 aliphatic heterocycles. The van der Waals surface area contributed by atoms with E-state index in [-0.39, 0.29) is 18.4 Å². The smallest absolute Gasteiger partial charge is 0.253 e. The number of halogens is 1. The van der Waals surface area contributed by atoms with E-state index in [9.17, 15) is 9.59 Å². The molecule has 27 heavy (non-hydrogen) atoms. The quantitative estimate of drug-likeness (QED) is 0.805. The van der Waals surface area contributed by atoms with Gasteiger partial charge in [-0.1, -0.05) is 23.7 Å². The van der Waals surface area contributed by atoms with E-state index in [4.69, 9.17) is 11.6 Å². The number of likely N-dealkylation sites (tertiary alicyclic amines) is 1. The third-order valence-corrected chi connectivity index (χ3v) is 4.91. The van der Waals surface area contributed by atoms with E-state index in [1.807, 2.05) is 36.1 Å². The van der Waals surface area contributed by atoms with Crippen LogP contribution in [-0.4, -0.2) is 36.3 Å². The largest absolute Gasteiger partial charge is 0.376 e. The fourth-order valence-electron chi connectivity index (χ4n) is 3.15. The summed E-state index contributed by atoms with van der Waals surface area (Å²) in [6, 6.07) is 12.7. The first-order valence-electron chi connectivity index (χ1n) is 9.22. The van der Waals surface area contributed by atoms with Crippen LogP contribution in [0.3, 0.4) is 0 Å². The number of benzene rings is 2. The predicted molar refractivity (Wildman–Crippen MR) is 110 cm³/mol. The summed E-state index contributed by atoms with van der Waals surface area (Å²) in [6.07, 6.45) is 3.31. The van der Waals surface area contributed by atoms with Crippen molar-refractivity contribution in [1.82, 2.24) is 4.90 Å². The molecular weight excluding hydrogens is 362 g/mol. The number of aryl methyl sites for hydroxylation is 1. The topological polar surface area (TPSA) is 61.4 Å². The summed E-state index contributed by atoms with van der Waals surface area (Å²) in [4.78, 5) is 26.7. The number of carbonyl (C=O) groups excluding carboxylic acids is 2. The van der Waals surface area contributed by atoms with Crippen molar-refractivity contribution in [3.63, 3.8) is 0 Å². The number of anilines is 2. The molecule has 1 saturated heterocycles. The first-order valence-corrected chi connectivity index (χ1v) is 9.60. The van der Waals surface area contributed by atoms with E-state index in [2.05, 4.69) is 10.6 Å². The lowest BCUT2D eigenvalue weighted by Gasteiger charge is -2.26. The molecule has 0 atom stereocenters. The molecule has 142 valence electrons. The lowest BCUT2D eigenvalue weighted by molar-refractivity contribution is -0.114. The molecule has 0 aromatic heterocycles. The summed E-state index contributed by atoms with van der Waals surface area (Å²) < 4.78 is 0. The van der Waals surface area contributed by atoms with E-state index in [0.29, 0.717) is 16.3 Å². The van der Waals surface area contributed by atoms with Crippen molar-refractivity contribution >= 4 is 34.8 Å². The Balaban J connectivity index is 1.58. The van der Waals surface area contributed by atoms with Crippen LogP contribution in [0.25, 0.3) is 0 Å². The molecular formula is C21H24ClN3O2. The van der Waals surface area contributed by atoms with Crippen LogP contribution in [0.15, 0.2) is 42.5 Å². The highest BCUT2D eigenvalue weighted by atomic mass is 35.5. The molecule has 3 rings (SSSR count).